The van der Waals surface area contributed by atoms with E-state index in [9.17, 15) is 19.5 Å². The Morgan fingerprint density at radius 2 is 2.32 bits per heavy atom. The van der Waals surface area contributed by atoms with Crippen molar-refractivity contribution in [1.82, 2.24) is 15.2 Å². The number of aromatic nitrogens is 1. The van der Waals surface area contributed by atoms with E-state index in [4.69, 9.17) is 15.3 Å². The zero-order valence-electron chi connectivity index (χ0n) is 16.3. The Morgan fingerprint density at radius 3 is 2.94 bits per heavy atom. The predicted octanol–water partition coefficient (Wildman–Crippen LogP) is 0.294. The van der Waals surface area contributed by atoms with Gasteiger partial charge in [0, 0.05) is 27.9 Å². The number of amides is 2. The van der Waals surface area contributed by atoms with Gasteiger partial charge in [-0.05, 0) is 6.42 Å². The van der Waals surface area contributed by atoms with Crippen molar-refractivity contribution in [2.75, 3.05) is 31.8 Å². The lowest BCUT2D eigenvalue weighted by Gasteiger charge is -2.49. The molecule has 166 valence electrons. The van der Waals surface area contributed by atoms with Crippen LogP contribution < -0.4 is 11.1 Å². The lowest BCUT2D eigenvalue weighted by atomic mass is 10.0. The van der Waals surface area contributed by atoms with Gasteiger partial charge in [-0.15, -0.1) is 34.9 Å². The summed E-state index contributed by atoms with van der Waals surface area (Å²) < 4.78 is 5.36. The van der Waals surface area contributed by atoms with Gasteiger partial charge in [-0.3, -0.25) is 14.5 Å². The molecule has 11 nitrogen and oxygen atoms in total. The van der Waals surface area contributed by atoms with Crippen molar-refractivity contribution in [1.29, 1.82) is 0 Å². The Morgan fingerprint density at radius 1 is 1.52 bits per heavy atom. The molecular formula is C17H19N5O6S3. The average Bonchev–Trinajstić information content (AvgIpc) is 3.41. The van der Waals surface area contributed by atoms with Crippen LogP contribution in [0, 0.1) is 0 Å². The van der Waals surface area contributed by atoms with Crippen molar-refractivity contribution in [2.24, 2.45) is 5.16 Å². The number of nitrogens with zero attached hydrogens (tertiary/aromatic N) is 3. The van der Waals surface area contributed by atoms with E-state index < -0.39 is 29.2 Å². The smallest absolute Gasteiger partial charge is 0.353 e. The van der Waals surface area contributed by atoms with E-state index in [1.54, 1.807) is 5.38 Å². The predicted molar refractivity (Wildman–Crippen MR) is 117 cm³/mol. The summed E-state index contributed by atoms with van der Waals surface area (Å²) in [5.74, 6) is -1.87. The minimum absolute atomic E-state index is 0.0193. The molecule has 31 heavy (non-hydrogen) atoms. The number of aliphatic carboxylic acids is 1. The minimum Gasteiger partial charge on any atom is -0.477 e. The highest BCUT2D eigenvalue weighted by Gasteiger charge is 2.54. The molecule has 4 heterocycles. The van der Waals surface area contributed by atoms with Crippen molar-refractivity contribution in [3.8, 4) is 0 Å². The minimum atomic E-state index is -1.16. The van der Waals surface area contributed by atoms with Crippen molar-refractivity contribution in [3.05, 3.63) is 21.7 Å². The highest BCUT2D eigenvalue weighted by molar-refractivity contribution is 8.06. The number of ether oxygens (including phenoxy) is 1. The molecule has 2 fully saturated rings. The first-order valence-electron chi connectivity index (χ1n) is 9.19. The van der Waals surface area contributed by atoms with Crippen LogP contribution in [0.4, 0.5) is 5.13 Å². The second-order valence-corrected chi connectivity index (χ2v) is 10.1. The number of carbonyl (C=O) groups excluding carboxylic acids is 2. The third-order valence-electron chi connectivity index (χ3n) is 4.78. The Labute approximate surface area is 189 Å². The van der Waals surface area contributed by atoms with Crippen LogP contribution in [0.5, 0.6) is 0 Å². The third kappa shape index (κ3) is 4.24. The van der Waals surface area contributed by atoms with Crippen LogP contribution in [0.25, 0.3) is 0 Å². The fourth-order valence-electron chi connectivity index (χ4n) is 3.39. The molecule has 0 saturated carbocycles. The summed E-state index contributed by atoms with van der Waals surface area (Å²) in [6, 6.07) is -0.883. The number of fused-ring (bicyclic) bond motifs is 1. The van der Waals surface area contributed by atoms with Gasteiger partial charge >= 0.3 is 5.97 Å². The number of nitrogen functional groups attached to an aromatic ring is 1. The number of carboxylic acid groups (broad SMARTS) is 1. The topological polar surface area (TPSA) is 156 Å². The first-order chi connectivity index (χ1) is 14.9. The molecule has 1 aromatic rings. The number of oxime groups is 1. The average molecular weight is 486 g/mol. The van der Waals surface area contributed by atoms with E-state index in [1.807, 2.05) is 0 Å². The molecule has 0 aliphatic carbocycles. The number of nitrogens with one attached hydrogen (secondary N) is 1. The molecule has 4 rings (SSSR count). The molecule has 14 heteroatoms. The Hall–Kier alpha value is -2.29. The monoisotopic (exact) mass is 485 g/mol. The molecule has 2 amide bonds. The van der Waals surface area contributed by atoms with Gasteiger partial charge in [0.05, 0.1) is 6.61 Å². The van der Waals surface area contributed by atoms with Crippen LogP contribution in [0.15, 0.2) is 21.1 Å². The van der Waals surface area contributed by atoms with Crippen LogP contribution in [-0.2, 0) is 24.0 Å². The molecular weight excluding hydrogens is 466 g/mol. The number of anilines is 1. The third-order valence-corrected chi connectivity index (χ3v) is 8.25. The molecule has 0 aromatic carbocycles. The van der Waals surface area contributed by atoms with Crippen LogP contribution in [-0.4, -0.2) is 81.2 Å². The van der Waals surface area contributed by atoms with Gasteiger partial charge in [0.1, 0.15) is 29.9 Å². The standard InChI is InChI=1S/C17H19N5O6S3/c1-27-21-10(8-5-30-17(18)19-8)13(23)20-11-14(24)22-12(16(25)26)9(6-29-15(11)22)31-7-2-3-28-4-7/h5,7,11,15H,2-4,6H2,1H3,(H2,18,19)(H,20,23)(H,25,26)/b21-10-. The number of β-lactam (4-membered cyclic amide) rings is 1. The SMILES string of the molecule is CO/N=C(\C(=O)NC1C(=O)N2C(C(=O)O)=C(SC3CCOC3)CSC12)c1csc(N)n1. The summed E-state index contributed by atoms with van der Waals surface area (Å²) in [6.07, 6.45) is 0.838. The summed E-state index contributed by atoms with van der Waals surface area (Å²) in [7, 11) is 1.29. The zero-order chi connectivity index (χ0) is 22.1. The van der Waals surface area contributed by atoms with Gasteiger partial charge in [-0.1, -0.05) is 5.16 Å². The van der Waals surface area contributed by atoms with Gasteiger partial charge in [0.2, 0.25) is 0 Å². The van der Waals surface area contributed by atoms with Crippen molar-refractivity contribution < 1.29 is 29.1 Å². The fraction of sp³-hybridized carbons (Fsp3) is 0.471. The zero-order valence-corrected chi connectivity index (χ0v) is 18.7. The quantitative estimate of drug-likeness (QED) is 0.279. The molecule has 4 N–H and O–H groups in total. The molecule has 3 aliphatic heterocycles. The number of hydrogen-bond acceptors (Lipinski definition) is 11. The van der Waals surface area contributed by atoms with Crippen molar-refractivity contribution >= 4 is 63.5 Å². The second kappa shape index (κ2) is 9.06. The lowest BCUT2D eigenvalue weighted by molar-refractivity contribution is -0.150. The Kier molecular flexibility index (Phi) is 6.41. The van der Waals surface area contributed by atoms with E-state index in [0.29, 0.717) is 23.9 Å². The van der Waals surface area contributed by atoms with Gasteiger partial charge in [0.15, 0.2) is 10.8 Å². The van der Waals surface area contributed by atoms with Crippen molar-refractivity contribution in [3.63, 3.8) is 0 Å². The van der Waals surface area contributed by atoms with Crippen LogP contribution in [0.1, 0.15) is 12.1 Å². The maximum atomic E-state index is 12.8. The van der Waals surface area contributed by atoms with Gasteiger partial charge in [-0.25, -0.2) is 9.78 Å². The molecule has 3 aliphatic rings. The maximum Gasteiger partial charge on any atom is 0.353 e. The summed E-state index contributed by atoms with van der Waals surface area (Å²) in [5.41, 5.74) is 5.71. The van der Waals surface area contributed by atoms with Gasteiger partial charge < -0.3 is 25.7 Å². The summed E-state index contributed by atoms with van der Waals surface area (Å²) in [5, 5.41) is 17.5. The normalized spacial score (nSPS) is 25.8. The van der Waals surface area contributed by atoms with Gasteiger partial charge in [-0.2, -0.15) is 0 Å². The Bertz CT molecular complexity index is 973. The van der Waals surface area contributed by atoms with E-state index in [1.165, 1.54) is 35.5 Å². The molecule has 0 radical (unpaired) electrons. The van der Waals surface area contributed by atoms with Gasteiger partial charge in [0.25, 0.3) is 11.8 Å². The van der Waals surface area contributed by atoms with E-state index in [0.717, 1.165) is 17.8 Å². The highest BCUT2D eigenvalue weighted by Crippen LogP contribution is 2.45. The number of carbonyl (C=O) groups is 3. The summed E-state index contributed by atoms with van der Waals surface area (Å²) >= 11 is 4.00. The summed E-state index contributed by atoms with van der Waals surface area (Å²) in [4.78, 5) is 48.1. The lowest BCUT2D eigenvalue weighted by Crippen LogP contribution is -2.71. The highest BCUT2D eigenvalue weighted by atomic mass is 32.2. The summed E-state index contributed by atoms with van der Waals surface area (Å²) in [6.45, 7) is 1.21. The molecule has 0 bridgehead atoms. The first-order valence-corrected chi connectivity index (χ1v) is 12.0. The molecule has 1 aromatic heterocycles. The molecule has 3 atom stereocenters. The molecule has 0 spiro atoms. The van der Waals surface area contributed by atoms with Crippen molar-refractivity contribution in [2.45, 2.75) is 23.1 Å². The first kappa shape index (κ1) is 21.9. The van der Waals surface area contributed by atoms with Crippen LogP contribution in [0.2, 0.25) is 0 Å². The fourth-order valence-corrected chi connectivity index (χ4v) is 6.69. The largest absolute Gasteiger partial charge is 0.477 e. The second-order valence-electron chi connectivity index (χ2n) is 6.73. The Balaban J connectivity index is 1.50. The number of carboxylic acids is 1. The molecule has 2 saturated heterocycles. The van der Waals surface area contributed by atoms with E-state index in [-0.39, 0.29) is 27.5 Å². The van der Waals surface area contributed by atoms with E-state index in [2.05, 4.69) is 15.5 Å². The number of hydrogen-bond donors (Lipinski definition) is 3. The van der Waals surface area contributed by atoms with E-state index >= 15 is 0 Å². The number of thioether (sulfide) groups is 2. The number of rotatable bonds is 7. The van der Waals surface area contributed by atoms with Crippen LogP contribution in [0.3, 0.4) is 0 Å². The molecule has 3 unspecified atom stereocenters. The number of nitrogens with two attached hydrogens (primary N) is 1. The number of thiazole rings is 1. The van der Waals surface area contributed by atoms with Crippen LogP contribution >= 0.6 is 34.9 Å². The maximum absolute atomic E-state index is 12.8.